The van der Waals surface area contributed by atoms with E-state index >= 15 is 0 Å². The SMILES string of the molecule is CCCNC(C1CCOCC1)C(C)S(C)(=O)=O. The van der Waals surface area contributed by atoms with Crippen molar-refractivity contribution in [2.24, 2.45) is 5.92 Å². The van der Waals surface area contributed by atoms with Gasteiger partial charge >= 0.3 is 0 Å². The highest BCUT2D eigenvalue weighted by molar-refractivity contribution is 7.91. The van der Waals surface area contributed by atoms with Crippen LogP contribution in [0.25, 0.3) is 0 Å². The van der Waals surface area contributed by atoms with Crippen LogP contribution in [0.2, 0.25) is 0 Å². The first-order valence-corrected chi connectivity index (χ1v) is 8.42. The van der Waals surface area contributed by atoms with Gasteiger partial charge in [0.25, 0.3) is 0 Å². The van der Waals surface area contributed by atoms with Crippen molar-refractivity contribution < 1.29 is 13.2 Å². The summed E-state index contributed by atoms with van der Waals surface area (Å²) in [5, 5.41) is 3.09. The minimum absolute atomic E-state index is 0.0637. The molecule has 1 N–H and O–H groups in total. The minimum Gasteiger partial charge on any atom is -0.381 e. The van der Waals surface area contributed by atoms with Crippen molar-refractivity contribution in [3.05, 3.63) is 0 Å². The normalized spacial score (nSPS) is 22.3. The van der Waals surface area contributed by atoms with Crippen LogP contribution in [0.3, 0.4) is 0 Å². The molecule has 1 rings (SSSR count). The fourth-order valence-electron chi connectivity index (χ4n) is 2.37. The van der Waals surface area contributed by atoms with E-state index in [1.54, 1.807) is 0 Å². The molecule has 5 heteroatoms. The molecule has 0 aromatic carbocycles. The largest absolute Gasteiger partial charge is 0.381 e. The molecule has 0 bridgehead atoms. The summed E-state index contributed by atoms with van der Waals surface area (Å²) in [4.78, 5) is 0. The van der Waals surface area contributed by atoms with Crippen LogP contribution in [0.4, 0.5) is 0 Å². The summed E-state index contributed by atoms with van der Waals surface area (Å²) >= 11 is 0. The molecule has 1 aliphatic heterocycles. The molecule has 0 radical (unpaired) electrons. The molecule has 17 heavy (non-hydrogen) atoms. The van der Waals surface area contributed by atoms with E-state index in [1.165, 1.54) is 6.26 Å². The van der Waals surface area contributed by atoms with Gasteiger partial charge in [0, 0.05) is 25.5 Å². The fourth-order valence-corrected chi connectivity index (χ4v) is 3.22. The second-order valence-corrected chi connectivity index (χ2v) is 7.37. The predicted molar refractivity (Wildman–Crippen MR) is 69.9 cm³/mol. The first-order valence-electron chi connectivity index (χ1n) is 6.46. The zero-order valence-electron chi connectivity index (χ0n) is 11.1. The van der Waals surface area contributed by atoms with Crippen molar-refractivity contribution in [1.82, 2.24) is 5.32 Å². The summed E-state index contributed by atoms with van der Waals surface area (Å²) in [5.41, 5.74) is 0. The average Bonchev–Trinajstić information content (AvgIpc) is 2.29. The summed E-state index contributed by atoms with van der Waals surface area (Å²) in [6.07, 6.45) is 4.27. The third-order valence-electron chi connectivity index (χ3n) is 3.58. The molecule has 4 nitrogen and oxygen atoms in total. The van der Waals surface area contributed by atoms with Gasteiger partial charge in [0.15, 0.2) is 9.84 Å². The quantitative estimate of drug-likeness (QED) is 0.783. The van der Waals surface area contributed by atoms with Crippen LogP contribution in [0.15, 0.2) is 0 Å². The Morgan fingerprint density at radius 2 is 1.94 bits per heavy atom. The van der Waals surface area contributed by atoms with E-state index in [1.807, 2.05) is 6.92 Å². The van der Waals surface area contributed by atoms with Gasteiger partial charge in [0.05, 0.1) is 5.25 Å². The number of ether oxygens (including phenoxy) is 1. The topological polar surface area (TPSA) is 55.4 Å². The number of sulfone groups is 1. The van der Waals surface area contributed by atoms with Gasteiger partial charge in [-0.25, -0.2) is 8.42 Å². The van der Waals surface area contributed by atoms with Crippen LogP contribution >= 0.6 is 0 Å². The zero-order valence-corrected chi connectivity index (χ0v) is 11.9. The van der Waals surface area contributed by atoms with E-state index in [0.717, 1.165) is 39.0 Å². The van der Waals surface area contributed by atoms with Gasteiger partial charge < -0.3 is 10.1 Å². The Balaban J connectivity index is 2.71. The molecule has 2 atom stereocenters. The molecule has 2 unspecified atom stereocenters. The van der Waals surface area contributed by atoms with E-state index in [9.17, 15) is 8.42 Å². The van der Waals surface area contributed by atoms with Crippen LogP contribution in [-0.4, -0.2) is 45.7 Å². The lowest BCUT2D eigenvalue weighted by Gasteiger charge is -2.34. The molecular formula is C12H25NO3S. The minimum atomic E-state index is -2.99. The molecule has 1 fully saturated rings. The lowest BCUT2D eigenvalue weighted by molar-refractivity contribution is 0.0536. The number of hydrogen-bond acceptors (Lipinski definition) is 4. The van der Waals surface area contributed by atoms with Crippen molar-refractivity contribution in [3.63, 3.8) is 0 Å². The van der Waals surface area contributed by atoms with E-state index in [2.05, 4.69) is 12.2 Å². The highest BCUT2D eigenvalue weighted by Crippen LogP contribution is 2.23. The molecule has 0 saturated carbocycles. The van der Waals surface area contributed by atoms with Crippen molar-refractivity contribution in [2.45, 2.75) is 44.4 Å². The second-order valence-electron chi connectivity index (χ2n) is 4.96. The maximum Gasteiger partial charge on any atom is 0.151 e. The van der Waals surface area contributed by atoms with Gasteiger partial charge in [-0.1, -0.05) is 6.92 Å². The van der Waals surface area contributed by atoms with Crippen LogP contribution in [-0.2, 0) is 14.6 Å². The zero-order chi connectivity index (χ0) is 12.9. The van der Waals surface area contributed by atoms with Gasteiger partial charge in [-0.05, 0) is 38.6 Å². The maximum absolute atomic E-state index is 11.7. The summed E-state index contributed by atoms with van der Waals surface area (Å²) in [6.45, 7) is 6.30. The number of hydrogen-bond donors (Lipinski definition) is 1. The molecule has 102 valence electrons. The lowest BCUT2D eigenvalue weighted by Crippen LogP contribution is -2.49. The molecule has 0 spiro atoms. The molecule has 0 aliphatic carbocycles. The van der Waals surface area contributed by atoms with Gasteiger partial charge in [-0.15, -0.1) is 0 Å². The Bertz CT molecular complexity index is 310. The summed E-state index contributed by atoms with van der Waals surface area (Å²) < 4.78 is 28.8. The third-order valence-corrected chi connectivity index (χ3v) is 5.23. The molecular weight excluding hydrogens is 238 g/mol. The Hall–Kier alpha value is -0.130. The number of nitrogens with one attached hydrogen (secondary N) is 1. The average molecular weight is 263 g/mol. The molecule has 1 heterocycles. The summed E-state index contributed by atoms with van der Waals surface area (Å²) in [7, 11) is -2.99. The van der Waals surface area contributed by atoms with E-state index in [4.69, 9.17) is 4.74 Å². The number of rotatable bonds is 6. The van der Waals surface area contributed by atoms with Gasteiger partial charge in [0.2, 0.25) is 0 Å². The molecule has 0 aromatic heterocycles. The second kappa shape index (κ2) is 6.71. The fraction of sp³-hybridized carbons (Fsp3) is 1.00. The van der Waals surface area contributed by atoms with E-state index in [0.29, 0.717) is 5.92 Å². The Morgan fingerprint density at radius 3 is 2.41 bits per heavy atom. The van der Waals surface area contributed by atoms with Crippen LogP contribution in [0.1, 0.15) is 33.1 Å². The van der Waals surface area contributed by atoms with Crippen LogP contribution < -0.4 is 5.32 Å². The first kappa shape index (κ1) is 14.9. The van der Waals surface area contributed by atoms with Crippen molar-refractivity contribution in [1.29, 1.82) is 0 Å². The highest BCUT2D eigenvalue weighted by Gasteiger charge is 2.32. The third kappa shape index (κ3) is 4.56. The molecule has 0 aromatic rings. The lowest BCUT2D eigenvalue weighted by atomic mass is 9.90. The monoisotopic (exact) mass is 263 g/mol. The predicted octanol–water partition coefficient (Wildman–Crippen LogP) is 1.21. The van der Waals surface area contributed by atoms with Gasteiger partial charge in [-0.2, -0.15) is 0 Å². The van der Waals surface area contributed by atoms with Crippen LogP contribution in [0, 0.1) is 5.92 Å². The Labute approximate surface area is 105 Å². The van der Waals surface area contributed by atoms with Crippen molar-refractivity contribution in [2.75, 3.05) is 26.0 Å². The standard InChI is InChI=1S/C12H25NO3S/c1-4-7-13-12(10(2)17(3,14)15)11-5-8-16-9-6-11/h10-13H,4-9H2,1-3H3. The van der Waals surface area contributed by atoms with E-state index < -0.39 is 9.84 Å². The highest BCUT2D eigenvalue weighted by atomic mass is 32.2. The molecule has 1 aliphatic rings. The Morgan fingerprint density at radius 1 is 1.35 bits per heavy atom. The van der Waals surface area contributed by atoms with Crippen molar-refractivity contribution >= 4 is 9.84 Å². The molecule has 0 amide bonds. The van der Waals surface area contributed by atoms with Gasteiger partial charge in [0.1, 0.15) is 0 Å². The Kier molecular flexibility index (Phi) is 5.89. The summed E-state index contributed by atoms with van der Waals surface area (Å²) in [6, 6.07) is 0.0637. The maximum atomic E-state index is 11.7. The summed E-state index contributed by atoms with van der Waals surface area (Å²) in [5.74, 6) is 0.417. The smallest absolute Gasteiger partial charge is 0.151 e. The van der Waals surface area contributed by atoms with E-state index in [-0.39, 0.29) is 11.3 Å². The molecule has 1 saturated heterocycles. The van der Waals surface area contributed by atoms with Crippen molar-refractivity contribution in [3.8, 4) is 0 Å². The first-order chi connectivity index (χ1) is 7.96. The van der Waals surface area contributed by atoms with Crippen LogP contribution in [0.5, 0.6) is 0 Å². The van der Waals surface area contributed by atoms with Gasteiger partial charge in [-0.3, -0.25) is 0 Å².